The molecule has 1 saturated heterocycles. The molecule has 1 heterocycles. The van der Waals surface area contributed by atoms with Crippen molar-refractivity contribution in [1.29, 1.82) is 0 Å². The molecule has 0 aromatic carbocycles. The van der Waals surface area contributed by atoms with E-state index in [9.17, 15) is 4.79 Å². The fourth-order valence-electron chi connectivity index (χ4n) is 2.37. The normalized spacial score (nSPS) is 32.9. The van der Waals surface area contributed by atoms with E-state index >= 15 is 0 Å². The fourth-order valence-corrected chi connectivity index (χ4v) is 2.37. The van der Waals surface area contributed by atoms with Crippen LogP contribution in [0.4, 0.5) is 0 Å². The Bertz CT molecular complexity index is 264. The van der Waals surface area contributed by atoms with E-state index in [2.05, 4.69) is 0 Å². The molecule has 1 fully saturated rings. The minimum atomic E-state index is -0.798. The van der Waals surface area contributed by atoms with E-state index < -0.39 is 11.2 Å². The molecule has 4 nitrogen and oxygen atoms in total. The van der Waals surface area contributed by atoms with Gasteiger partial charge in [0.05, 0.1) is 13.2 Å². The smallest absolute Gasteiger partial charge is 0.341 e. The number of esters is 1. The van der Waals surface area contributed by atoms with Crippen LogP contribution in [0.1, 0.15) is 34.1 Å². The minimum Gasteiger partial charge on any atom is -0.464 e. The van der Waals surface area contributed by atoms with Gasteiger partial charge >= 0.3 is 5.97 Å². The van der Waals surface area contributed by atoms with Crippen molar-refractivity contribution in [2.45, 2.75) is 45.3 Å². The minimum absolute atomic E-state index is 0.219. The number of carbonyl (C=O) groups is 1. The van der Waals surface area contributed by atoms with Crippen LogP contribution in [0.15, 0.2) is 0 Å². The maximum Gasteiger partial charge on any atom is 0.341 e. The van der Waals surface area contributed by atoms with Gasteiger partial charge in [-0.3, -0.25) is 0 Å². The summed E-state index contributed by atoms with van der Waals surface area (Å²) >= 11 is 0. The molecule has 0 saturated carbocycles. The number of epoxide rings is 1. The van der Waals surface area contributed by atoms with Crippen molar-refractivity contribution < 1.29 is 19.0 Å². The van der Waals surface area contributed by atoms with Crippen LogP contribution in [0.25, 0.3) is 0 Å². The molecule has 0 aliphatic carbocycles. The number of hydrogen-bond donors (Lipinski definition) is 0. The van der Waals surface area contributed by atoms with Crippen LogP contribution in [0.3, 0.4) is 0 Å². The van der Waals surface area contributed by atoms with Crippen LogP contribution < -0.4 is 0 Å². The summed E-state index contributed by atoms with van der Waals surface area (Å²) in [4.78, 5) is 12.0. The molecule has 4 heteroatoms. The number of hydrogen-bond acceptors (Lipinski definition) is 4. The maximum absolute atomic E-state index is 12.0. The average Bonchev–Trinajstić information content (AvgIpc) is 2.90. The van der Waals surface area contributed by atoms with Crippen LogP contribution in [0.2, 0.25) is 0 Å². The van der Waals surface area contributed by atoms with Gasteiger partial charge in [0.25, 0.3) is 0 Å². The van der Waals surface area contributed by atoms with Crippen molar-refractivity contribution in [3.8, 4) is 0 Å². The lowest BCUT2D eigenvalue weighted by molar-refractivity contribution is -0.149. The first-order chi connectivity index (χ1) is 7.50. The highest BCUT2D eigenvalue weighted by Crippen LogP contribution is 2.55. The third-order valence-electron chi connectivity index (χ3n) is 3.39. The molecule has 2 atom stereocenters. The van der Waals surface area contributed by atoms with Gasteiger partial charge in [-0.05, 0) is 19.3 Å². The molecule has 0 N–H and O–H groups in total. The molecule has 1 aliphatic heterocycles. The summed E-state index contributed by atoms with van der Waals surface area (Å²) in [5, 5.41) is 0. The first-order valence-corrected chi connectivity index (χ1v) is 5.87. The largest absolute Gasteiger partial charge is 0.464 e. The highest BCUT2D eigenvalue weighted by Gasteiger charge is 2.75. The summed E-state index contributed by atoms with van der Waals surface area (Å²) in [6.45, 7) is 8.63. The van der Waals surface area contributed by atoms with Gasteiger partial charge in [-0.25, -0.2) is 4.79 Å². The second-order valence-corrected chi connectivity index (χ2v) is 4.48. The van der Waals surface area contributed by atoms with Crippen molar-refractivity contribution in [1.82, 2.24) is 0 Å². The standard InChI is InChI=1S/C12H22O4/c1-6-11(10(13)15-7-2)12(16-11,8-14-5)9(3)4/h9H,6-8H2,1-5H3. The molecule has 0 amide bonds. The maximum atomic E-state index is 12.0. The molecular weight excluding hydrogens is 208 g/mol. The second-order valence-electron chi connectivity index (χ2n) is 4.48. The lowest BCUT2D eigenvalue weighted by Gasteiger charge is -2.20. The van der Waals surface area contributed by atoms with Crippen LogP contribution in [0, 0.1) is 5.92 Å². The molecule has 1 rings (SSSR count). The highest BCUT2D eigenvalue weighted by atomic mass is 16.7. The van der Waals surface area contributed by atoms with E-state index in [4.69, 9.17) is 14.2 Å². The molecule has 0 radical (unpaired) electrons. The first kappa shape index (κ1) is 13.5. The highest BCUT2D eigenvalue weighted by molar-refractivity contribution is 5.85. The van der Waals surface area contributed by atoms with Gasteiger partial charge in [0.1, 0.15) is 5.60 Å². The Balaban J connectivity index is 2.88. The summed E-state index contributed by atoms with van der Waals surface area (Å²) in [6, 6.07) is 0. The Morgan fingerprint density at radius 2 is 2.00 bits per heavy atom. The van der Waals surface area contributed by atoms with Gasteiger partial charge in [-0.15, -0.1) is 0 Å². The van der Waals surface area contributed by atoms with Gasteiger partial charge in [0, 0.05) is 7.11 Å². The lowest BCUT2D eigenvalue weighted by atomic mass is 9.82. The van der Waals surface area contributed by atoms with Crippen molar-refractivity contribution in [3.63, 3.8) is 0 Å². The van der Waals surface area contributed by atoms with Crippen LogP contribution in [0.5, 0.6) is 0 Å². The Labute approximate surface area is 97.2 Å². The third-order valence-corrected chi connectivity index (χ3v) is 3.39. The molecule has 0 aromatic heterocycles. The average molecular weight is 230 g/mol. The summed E-state index contributed by atoms with van der Waals surface area (Å²) in [5.41, 5.74) is -1.31. The van der Waals surface area contributed by atoms with Gasteiger partial charge in [0.2, 0.25) is 0 Å². The van der Waals surface area contributed by atoms with E-state index in [1.807, 2.05) is 20.8 Å². The summed E-state index contributed by atoms with van der Waals surface area (Å²) in [5.74, 6) is -0.0416. The molecule has 0 bridgehead atoms. The topological polar surface area (TPSA) is 48.1 Å². The number of ether oxygens (including phenoxy) is 3. The number of methoxy groups -OCH3 is 1. The Hall–Kier alpha value is -0.610. The fraction of sp³-hybridized carbons (Fsp3) is 0.917. The first-order valence-electron chi connectivity index (χ1n) is 5.87. The summed E-state index contributed by atoms with van der Waals surface area (Å²) in [6.07, 6.45) is 0.618. The number of carbonyl (C=O) groups excluding carboxylic acids is 1. The van der Waals surface area contributed by atoms with E-state index in [1.54, 1.807) is 14.0 Å². The molecule has 0 aromatic rings. The lowest BCUT2D eigenvalue weighted by Crippen LogP contribution is -2.41. The van der Waals surface area contributed by atoms with Gasteiger partial charge in [-0.1, -0.05) is 20.8 Å². The zero-order valence-electron chi connectivity index (χ0n) is 10.8. The molecule has 1 aliphatic rings. The van der Waals surface area contributed by atoms with Gasteiger partial charge < -0.3 is 14.2 Å². The van der Waals surface area contributed by atoms with E-state index in [0.717, 1.165) is 0 Å². The molecule has 2 unspecified atom stereocenters. The quantitative estimate of drug-likeness (QED) is 0.515. The predicted octanol–water partition coefficient (Wildman–Crippen LogP) is 1.77. The van der Waals surface area contributed by atoms with Crippen LogP contribution in [-0.4, -0.2) is 37.5 Å². The summed E-state index contributed by atoms with van der Waals surface area (Å²) < 4.78 is 16.0. The molecular formula is C12H22O4. The molecule has 94 valence electrons. The van der Waals surface area contributed by atoms with Crippen molar-refractivity contribution in [2.24, 2.45) is 5.92 Å². The Kier molecular flexibility index (Phi) is 3.97. The Morgan fingerprint density at radius 3 is 2.38 bits per heavy atom. The van der Waals surface area contributed by atoms with E-state index in [0.29, 0.717) is 19.6 Å². The third kappa shape index (κ3) is 1.74. The van der Waals surface area contributed by atoms with Crippen LogP contribution >= 0.6 is 0 Å². The van der Waals surface area contributed by atoms with Gasteiger partial charge in [-0.2, -0.15) is 0 Å². The predicted molar refractivity (Wildman–Crippen MR) is 60.2 cm³/mol. The van der Waals surface area contributed by atoms with E-state index in [-0.39, 0.29) is 11.9 Å². The Morgan fingerprint density at radius 1 is 1.38 bits per heavy atom. The van der Waals surface area contributed by atoms with Crippen molar-refractivity contribution in [2.75, 3.05) is 20.3 Å². The summed E-state index contributed by atoms with van der Waals surface area (Å²) in [7, 11) is 1.62. The zero-order valence-corrected chi connectivity index (χ0v) is 10.8. The molecule has 0 spiro atoms. The zero-order chi connectivity index (χ0) is 12.4. The SMILES string of the molecule is CCOC(=O)C1(CC)OC1(COC)C(C)C. The second kappa shape index (κ2) is 4.72. The molecule has 16 heavy (non-hydrogen) atoms. The van der Waals surface area contributed by atoms with Crippen molar-refractivity contribution >= 4 is 5.97 Å². The van der Waals surface area contributed by atoms with Crippen molar-refractivity contribution in [3.05, 3.63) is 0 Å². The van der Waals surface area contributed by atoms with Gasteiger partial charge in [0.15, 0.2) is 5.60 Å². The van der Waals surface area contributed by atoms with E-state index in [1.165, 1.54) is 0 Å². The number of rotatable bonds is 6. The van der Waals surface area contributed by atoms with Crippen LogP contribution in [-0.2, 0) is 19.0 Å². The monoisotopic (exact) mass is 230 g/mol.